The third-order valence-corrected chi connectivity index (χ3v) is 3.61. The Balaban J connectivity index is 2.79. The summed E-state index contributed by atoms with van der Waals surface area (Å²) in [6.45, 7) is 9.30. The van der Waals surface area contributed by atoms with Gasteiger partial charge in [-0.05, 0) is 43.5 Å². The zero-order valence-electron chi connectivity index (χ0n) is 13.1. The molecule has 0 aliphatic heterocycles. The number of urea groups is 1. The van der Waals surface area contributed by atoms with Crippen LogP contribution in [0.3, 0.4) is 0 Å². The Morgan fingerprint density at radius 3 is 2.48 bits per heavy atom. The van der Waals surface area contributed by atoms with E-state index in [9.17, 15) is 9.59 Å². The molecule has 2 N–H and O–H groups in total. The molecular weight excluding hydrogens is 268 g/mol. The van der Waals surface area contributed by atoms with Gasteiger partial charge in [-0.1, -0.05) is 20.3 Å². The molecule has 0 bridgehead atoms. The smallest absolute Gasteiger partial charge is 0.335 e. The van der Waals surface area contributed by atoms with Crippen LogP contribution in [0.4, 0.5) is 10.5 Å². The number of carbonyl (C=O) groups is 2. The topological polar surface area (TPSA) is 69.6 Å². The van der Waals surface area contributed by atoms with Crippen molar-refractivity contribution in [3.8, 4) is 0 Å². The molecule has 0 radical (unpaired) electrons. The summed E-state index contributed by atoms with van der Waals surface area (Å²) >= 11 is 0. The quantitative estimate of drug-likeness (QED) is 0.841. The van der Waals surface area contributed by atoms with Crippen molar-refractivity contribution in [2.45, 2.75) is 34.1 Å². The molecule has 1 aromatic rings. The van der Waals surface area contributed by atoms with Gasteiger partial charge < -0.3 is 15.3 Å². The van der Waals surface area contributed by atoms with Crippen LogP contribution in [-0.4, -0.2) is 35.1 Å². The van der Waals surface area contributed by atoms with Crippen LogP contribution in [0.2, 0.25) is 0 Å². The summed E-state index contributed by atoms with van der Waals surface area (Å²) in [5.74, 6) is -0.519. The molecule has 2 amide bonds. The van der Waals surface area contributed by atoms with Crippen molar-refractivity contribution in [1.29, 1.82) is 0 Å². The number of anilines is 1. The van der Waals surface area contributed by atoms with Crippen molar-refractivity contribution in [1.82, 2.24) is 4.90 Å². The standard InChI is InChI=1S/C16H24N2O3/c1-5-11(3)10-18(6-2)16(21)17-14-8-7-13(15(19)20)9-12(14)4/h7-9,11H,5-6,10H2,1-4H3,(H,17,21)(H,19,20). The number of nitrogens with one attached hydrogen (secondary N) is 1. The predicted octanol–water partition coefficient (Wildman–Crippen LogP) is 3.59. The molecule has 0 saturated carbocycles. The van der Waals surface area contributed by atoms with Gasteiger partial charge in [0.05, 0.1) is 5.56 Å². The van der Waals surface area contributed by atoms with Crippen molar-refractivity contribution >= 4 is 17.7 Å². The number of hydrogen-bond donors (Lipinski definition) is 2. The lowest BCUT2D eigenvalue weighted by atomic mass is 10.1. The summed E-state index contributed by atoms with van der Waals surface area (Å²) in [4.78, 5) is 24.9. The van der Waals surface area contributed by atoms with E-state index in [0.717, 1.165) is 12.0 Å². The minimum atomic E-state index is -0.970. The third-order valence-electron chi connectivity index (χ3n) is 3.61. The second-order valence-electron chi connectivity index (χ2n) is 5.32. The van der Waals surface area contributed by atoms with E-state index < -0.39 is 5.97 Å². The number of carboxylic acids is 1. The van der Waals surface area contributed by atoms with Gasteiger partial charge in [-0.15, -0.1) is 0 Å². The summed E-state index contributed by atoms with van der Waals surface area (Å²) in [7, 11) is 0. The number of carbonyl (C=O) groups excluding carboxylic acids is 1. The maximum Gasteiger partial charge on any atom is 0.335 e. The van der Waals surface area contributed by atoms with E-state index in [1.54, 1.807) is 24.0 Å². The Kier molecular flexibility index (Phi) is 6.21. The molecule has 0 spiro atoms. The van der Waals surface area contributed by atoms with Crippen molar-refractivity contribution in [3.63, 3.8) is 0 Å². The molecular formula is C16H24N2O3. The highest BCUT2D eigenvalue weighted by molar-refractivity contribution is 5.92. The van der Waals surface area contributed by atoms with Gasteiger partial charge >= 0.3 is 12.0 Å². The lowest BCUT2D eigenvalue weighted by Crippen LogP contribution is -2.37. The zero-order valence-corrected chi connectivity index (χ0v) is 13.1. The monoisotopic (exact) mass is 292 g/mol. The molecule has 1 rings (SSSR count). The summed E-state index contributed by atoms with van der Waals surface area (Å²) in [5.41, 5.74) is 1.60. The molecule has 1 aromatic carbocycles. The highest BCUT2D eigenvalue weighted by atomic mass is 16.4. The third kappa shape index (κ3) is 4.77. The summed E-state index contributed by atoms with van der Waals surface area (Å²) in [6.07, 6.45) is 1.02. The molecule has 0 aliphatic carbocycles. The van der Waals surface area contributed by atoms with E-state index in [4.69, 9.17) is 5.11 Å². The lowest BCUT2D eigenvalue weighted by Gasteiger charge is -2.24. The highest BCUT2D eigenvalue weighted by Gasteiger charge is 2.15. The SMILES string of the molecule is CCC(C)CN(CC)C(=O)Nc1ccc(C(=O)O)cc1C. The zero-order chi connectivity index (χ0) is 16.0. The Bertz CT molecular complexity index is 514. The van der Waals surface area contributed by atoms with Gasteiger partial charge in [0.1, 0.15) is 0 Å². The number of amides is 2. The van der Waals surface area contributed by atoms with Crippen LogP contribution in [-0.2, 0) is 0 Å². The Hall–Kier alpha value is -2.04. The van der Waals surface area contributed by atoms with E-state index in [2.05, 4.69) is 19.2 Å². The van der Waals surface area contributed by atoms with E-state index in [0.29, 0.717) is 24.7 Å². The van der Waals surface area contributed by atoms with Gasteiger partial charge in [-0.2, -0.15) is 0 Å². The number of aryl methyl sites for hydroxylation is 1. The van der Waals surface area contributed by atoms with Crippen LogP contribution in [0.1, 0.15) is 43.1 Å². The van der Waals surface area contributed by atoms with Gasteiger partial charge in [0, 0.05) is 18.8 Å². The number of rotatable bonds is 6. The molecule has 0 heterocycles. The fourth-order valence-electron chi connectivity index (χ4n) is 1.99. The maximum atomic E-state index is 12.3. The maximum absolute atomic E-state index is 12.3. The fraction of sp³-hybridized carbons (Fsp3) is 0.500. The van der Waals surface area contributed by atoms with Gasteiger partial charge in [0.2, 0.25) is 0 Å². The van der Waals surface area contributed by atoms with Gasteiger partial charge in [0.15, 0.2) is 0 Å². The second kappa shape index (κ2) is 7.67. The molecule has 1 atom stereocenters. The molecule has 1 unspecified atom stereocenters. The van der Waals surface area contributed by atoms with E-state index in [-0.39, 0.29) is 11.6 Å². The number of benzene rings is 1. The summed E-state index contributed by atoms with van der Waals surface area (Å²) in [6, 6.07) is 4.54. The first kappa shape index (κ1) is 17.0. The van der Waals surface area contributed by atoms with Gasteiger partial charge in [0.25, 0.3) is 0 Å². The van der Waals surface area contributed by atoms with Crippen LogP contribution in [0, 0.1) is 12.8 Å². The van der Waals surface area contributed by atoms with Gasteiger partial charge in [-0.3, -0.25) is 0 Å². The molecule has 0 aromatic heterocycles. The average Bonchev–Trinajstić information content (AvgIpc) is 2.46. The molecule has 0 saturated heterocycles. The summed E-state index contributed by atoms with van der Waals surface area (Å²) < 4.78 is 0. The van der Waals surface area contributed by atoms with Crippen LogP contribution in [0.5, 0.6) is 0 Å². The first-order valence-corrected chi connectivity index (χ1v) is 7.28. The molecule has 5 heteroatoms. The average molecular weight is 292 g/mol. The van der Waals surface area contributed by atoms with Crippen molar-refractivity contribution in [2.75, 3.05) is 18.4 Å². The van der Waals surface area contributed by atoms with Crippen LogP contribution in [0.25, 0.3) is 0 Å². The largest absolute Gasteiger partial charge is 0.478 e. The van der Waals surface area contributed by atoms with Crippen LogP contribution >= 0.6 is 0 Å². The lowest BCUT2D eigenvalue weighted by molar-refractivity contribution is 0.0697. The molecule has 116 valence electrons. The minimum absolute atomic E-state index is 0.149. The molecule has 5 nitrogen and oxygen atoms in total. The van der Waals surface area contributed by atoms with Crippen LogP contribution < -0.4 is 5.32 Å². The first-order valence-electron chi connectivity index (χ1n) is 7.28. The Morgan fingerprint density at radius 2 is 2.00 bits per heavy atom. The number of aromatic carboxylic acids is 1. The van der Waals surface area contributed by atoms with E-state index in [1.807, 2.05) is 6.92 Å². The number of hydrogen-bond acceptors (Lipinski definition) is 2. The summed E-state index contributed by atoms with van der Waals surface area (Å²) in [5, 5.41) is 11.8. The predicted molar refractivity (Wildman–Crippen MR) is 83.9 cm³/mol. The second-order valence-corrected chi connectivity index (χ2v) is 5.32. The number of nitrogens with zero attached hydrogens (tertiary/aromatic N) is 1. The Morgan fingerprint density at radius 1 is 1.33 bits per heavy atom. The fourth-order valence-corrected chi connectivity index (χ4v) is 1.99. The van der Waals surface area contributed by atoms with E-state index >= 15 is 0 Å². The highest BCUT2D eigenvalue weighted by Crippen LogP contribution is 2.17. The van der Waals surface area contributed by atoms with Crippen LogP contribution in [0.15, 0.2) is 18.2 Å². The van der Waals surface area contributed by atoms with Crippen molar-refractivity contribution in [3.05, 3.63) is 29.3 Å². The molecule has 0 fully saturated rings. The van der Waals surface area contributed by atoms with Crippen molar-refractivity contribution in [2.24, 2.45) is 5.92 Å². The Labute approximate surface area is 126 Å². The number of carboxylic acid groups (broad SMARTS) is 1. The van der Waals surface area contributed by atoms with Crippen molar-refractivity contribution < 1.29 is 14.7 Å². The van der Waals surface area contributed by atoms with E-state index in [1.165, 1.54) is 6.07 Å². The first-order chi connectivity index (χ1) is 9.88. The minimum Gasteiger partial charge on any atom is -0.478 e. The molecule has 21 heavy (non-hydrogen) atoms. The van der Waals surface area contributed by atoms with Gasteiger partial charge in [-0.25, -0.2) is 9.59 Å². The normalized spacial score (nSPS) is 11.8. The molecule has 0 aliphatic rings.